The summed E-state index contributed by atoms with van der Waals surface area (Å²) < 4.78 is 0. The molecule has 3 aromatic carbocycles. The monoisotopic (exact) mass is 437 g/mol. The molecule has 0 saturated carbocycles. The fourth-order valence-corrected chi connectivity index (χ4v) is 5.10. The first-order valence-electron chi connectivity index (χ1n) is 10.6. The molecule has 5 heteroatoms. The number of halogens is 1. The molecule has 0 fully saturated rings. The Kier molecular flexibility index (Phi) is 6.88. The van der Waals surface area contributed by atoms with Gasteiger partial charge in [0.25, 0.3) is 0 Å². The lowest BCUT2D eigenvalue weighted by Gasteiger charge is -2.34. The van der Waals surface area contributed by atoms with Gasteiger partial charge in [-0.3, -0.25) is 0 Å². The maximum Gasteiger partial charge on any atom is 0.0695 e. The van der Waals surface area contributed by atoms with Crippen LogP contribution in [-0.4, -0.2) is 31.1 Å². The molecule has 1 heterocycles. The molecular weight excluding hydrogens is 410 g/mol. The molecule has 0 amide bonds. The van der Waals surface area contributed by atoms with E-state index < -0.39 is 0 Å². The van der Waals surface area contributed by atoms with E-state index in [9.17, 15) is 0 Å². The van der Waals surface area contributed by atoms with E-state index in [-0.39, 0.29) is 0 Å². The first-order valence-corrected chi connectivity index (χ1v) is 11.8. The molecule has 0 aromatic heterocycles. The highest BCUT2D eigenvalue weighted by Gasteiger charge is 2.25. The number of fused-ring (bicyclic) bond motifs is 2. The van der Waals surface area contributed by atoms with E-state index in [1.807, 2.05) is 23.9 Å². The van der Waals surface area contributed by atoms with Crippen molar-refractivity contribution in [2.45, 2.75) is 30.1 Å². The van der Waals surface area contributed by atoms with Gasteiger partial charge in [-0.25, -0.2) is 0 Å². The minimum Gasteiger partial charge on any atom is -0.383 e. The Balaban J connectivity index is 1.66. The average Bonchev–Trinajstić information content (AvgIpc) is 2.78. The number of benzene rings is 3. The van der Waals surface area contributed by atoms with Crippen molar-refractivity contribution in [3.8, 4) is 0 Å². The highest BCUT2D eigenvalue weighted by molar-refractivity contribution is 7.99. The van der Waals surface area contributed by atoms with Crippen LogP contribution < -0.4 is 10.2 Å². The zero-order valence-corrected chi connectivity index (χ0v) is 19.1. The maximum absolute atomic E-state index is 6.39. The smallest absolute Gasteiger partial charge is 0.0695 e. The number of nitrogens with zero attached hydrogens (tertiary/aromatic N) is 2. The van der Waals surface area contributed by atoms with Gasteiger partial charge in [-0.05, 0) is 68.5 Å². The lowest BCUT2D eigenvalue weighted by molar-refractivity contribution is 0.303. The van der Waals surface area contributed by atoms with Crippen molar-refractivity contribution in [3.05, 3.63) is 71.8 Å². The molecular formula is C25H28ClN3S. The van der Waals surface area contributed by atoms with Crippen molar-refractivity contribution in [2.24, 2.45) is 0 Å². The van der Waals surface area contributed by atoms with Crippen LogP contribution in [0.3, 0.4) is 0 Å². The number of anilines is 4. The summed E-state index contributed by atoms with van der Waals surface area (Å²) in [6.07, 6.45) is 1.09. The van der Waals surface area contributed by atoms with E-state index in [4.69, 9.17) is 11.6 Å². The predicted molar refractivity (Wildman–Crippen MR) is 131 cm³/mol. The summed E-state index contributed by atoms with van der Waals surface area (Å²) in [5.74, 6) is 0. The van der Waals surface area contributed by atoms with E-state index in [1.54, 1.807) is 0 Å². The molecule has 30 heavy (non-hydrogen) atoms. The summed E-state index contributed by atoms with van der Waals surface area (Å²) >= 11 is 8.22. The third-order valence-electron chi connectivity index (χ3n) is 5.49. The SMILES string of the molecule is CCN(CC)CCCNc1cc(Cl)ccc1N1c2ccccc2Sc2ccccc21. The van der Waals surface area contributed by atoms with Crippen LogP contribution in [0.15, 0.2) is 76.5 Å². The topological polar surface area (TPSA) is 18.5 Å². The van der Waals surface area contributed by atoms with Gasteiger partial charge in [0.1, 0.15) is 0 Å². The first-order chi connectivity index (χ1) is 14.7. The second-order valence-corrected chi connectivity index (χ2v) is 8.86. The Labute approximate surface area is 189 Å². The molecule has 3 aromatic rings. The number of hydrogen-bond acceptors (Lipinski definition) is 4. The third-order valence-corrected chi connectivity index (χ3v) is 6.86. The largest absolute Gasteiger partial charge is 0.383 e. The predicted octanol–water partition coefficient (Wildman–Crippen LogP) is 7.42. The number of nitrogens with one attached hydrogen (secondary N) is 1. The number of rotatable bonds is 8. The number of para-hydroxylation sites is 2. The lowest BCUT2D eigenvalue weighted by Crippen LogP contribution is -2.25. The molecule has 1 aliphatic rings. The van der Waals surface area contributed by atoms with E-state index in [2.05, 4.69) is 83.6 Å². The van der Waals surface area contributed by atoms with Crippen LogP contribution in [0.2, 0.25) is 5.02 Å². The maximum atomic E-state index is 6.39. The first kappa shape index (κ1) is 21.1. The summed E-state index contributed by atoms with van der Waals surface area (Å²) in [7, 11) is 0. The highest BCUT2D eigenvalue weighted by Crippen LogP contribution is 2.52. The standard InChI is InChI=1S/C25H28ClN3S/c1-3-28(4-2)17-9-16-27-20-18-19(26)14-15-21(20)29-22-10-5-7-12-24(22)30-25-13-8-6-11-23(25)29/h5-8,10-15,18,27H,3-4,9,16-17H2,1-2H3. The molecule has 0 atom stereocenters. The molecule has 0 saturated heterocycles. The number of hydrogen-bond donors (Lipinski definition) is 1. The third kappa shape index (κ3) is 4.46. The van der Waals surface area contributed by atoms with Crippen molar-refractivity contribution in [2.75, 3.05) is 36.4 Å². The molecule has 156 valence electrons. The van der Waals surface area contributed by atoms with Gasteiger partial charge in [-0.15, -0.1) is 0 Å². The molecule has 1 aliphatic heterocycles. The molecule has 3 nitrogen and oxygen atoms in total. The summed E-state index contributed by atoms with van der Waals surface area (Å²) in [6.45, 7) is 8.64. The Bertz CT molecular complexity index is 958. The Morgan fingerprint density at radius 3 is 2.13 bits per heavy atom. The molecule has 0 unspecified atom stereocenters. The summed E-state index contributed by atoms with van der Waals surface area (Å²) in [6, 6.07) is 23.3. The zero-order chi connectivity index (χ0) is 20.9. The quantitative estimate of drug-likeness (QED) is 0.289. The minimum atomic E-state index is 0.748. The van der Waals surface area contributed by atoms with Crippen molar-refractivity contribution >= 4 is 46.1 Å². The fourth-order valence-electron chi connectivity index (χ4n) is 3.87. The van der Waals surface area contributed by atoms with Crippen molar-refractivity contribution in [1.29, 1.82) is 0 Å². The summed E-state index contributed by atoms with van der Waals surface area (Å²) in [5, 5.41) is 4.41. The fraction of sp³-hybridized carbons (Fsp3) is 0.280. The van der Waals surface area contributed by atoms with Crippen LogP contribution in [0.5, 0.6) is 0 Å². The average molecular weight is 438 g/mol. The van der Waals surface area contributed by atoms with E-state index in [1.165, 1.54) is 21.2 Å². The van der Waals surface area contributed by atoms with Gasteiger partial charge in [-0.1, -0.05) is 61.5 Å². The summed E-state index contributed by atoms with van der Waals surface area (Å²) in [4.78, 5) is 7.33. The van der Waals surface area contributed by atoms with Gasteiger partial charge < -0.3 is 15.1 Å². The van der Waals surface area contributed by atoms with Gasteiger partial charge in [0, 0.05) is 21.4 Å². The van der Waals surface area contributed by atoms with Crippen molar-refractivity contribution < 1.29 is 0 Å². The summed E-state index contributed by atoms with van der Waals surface area (Å²) in [5.41, 5.74) is 4.60. The minimum absolute atomic E-state index is 0.748. The molecule has 4 rings (SSSR count). The van der Waals surface area contributed by atoms with Crippen molar-refractivity contribution in [3.63, 3.8) is 0 Å². The molecule has 0 radical (unpaired) electrons. The molecule has 0 bridgehead atoms. The molecule has 1 N–H and O–H groups in total. The Morgan fingerprint density at radius 2 is 1.50 bits per heavy atom. The van der Waals surface area contributed by atoms with Crippen LogP contribution in [-0.2, 0) is 0 Å². The van der Waals surface area contributed by atoms with Crippen LogP contribution in [0.1, 0.15) is 20.3 Å². The van der Waals surface area contributed by atoms with Crippen LogP contribution in [0, 0.1) is 0 Å². The van der Waals surface area contributed by atoms with E-state index in [0.29, 0.717) is 0 Å². The molecule has 0 aliphatic carbocycles. The van der Waals surface area contributed by atoms with Gasteiger partial charge in [-0.2, -0.15) is 0 Å². The van der Waals surface area contributed by atoms with Gasteiger partial charge >= 0.3 is 0 Å². The van der Waals surface area contributed by atoms with Gasteiger partial charge in [0.05, 0.1) is 22.7 Å². The Hall–Kier alpha value is -2.14. The van der Waals surface area contributed by atoms with Gasteiger partial charge in [0.15, 0.2) is 0 Å². The Morgan fingerprint density at radius 1 is 0.867 bits per heavy atom. The van der Waals surface area contributed by atoms with Gasteiger partial charge in [0.2, 0.25) is 0 Å². The van der Waals surface area contributed by atoms with E-state index in [0.717, 1.165) is 49.0 Å². The zero-order valence-electron chi connectivity index (χ0n) is 17.6. The van der Waals surface area contributed by atoms with Crippen molar-refractivity contribution in [1.82, 2.24) is 4.90 Å². The second kappa shape index (κ2) is 9.78. The highest BCUT2D eigenvalue weighted by atomic mass is 35.5. The van der Waals surface area contributed by atoms with Crippen LogP contribution in [0.25, 0.3) is 0 Å². The van der Waals surface area contributed by atoms with Crippen LogP contribution >= 0.6 is 23.4 Å². The molecule has 0 spiro atoms. The lowest BCUT2D eigenvalue weighted by atomic mass is 10.1. The second-order valence-electron chi connectivity index (χ2n) is 7.34. The van der Waals surface area contributed by atoms with E-state index >= 15 is 0 Å². The normalized spacial score (nSPS) is 12.6. The van der Waals surface area contributed by atoms with Crippen LogP contribution in [0.4, 0.5) is 22.7 Å².